The molecule has 1 aromatic heterocycles. The Balaban J connectivity index is 2.40. The van der Waals surface area contributed by atoms with Gasteiger partial charge in [-0.1, -0.05) is 6.92 Å². The summed E-state index contributed by atoms with van der Waals surface area (Å²) in [5.74, 6) is 0.226. The van der Waals surface area contributed by atoms with E-state index in [0.717, 1.165) is 0 Å². The van der Waals surface area contributed by atoms with Gasteiger partial charge in [-0.3, -0.25) is 10.1 Å². The Labute approximate surface area is 110 Å². The van der Waals surface area contributed by atoms with E-state index in [9.17, 15) is 15.2 Å². The largest absolute Gasteiger partial charge is 0.393 e. The fourth-order valence-corrected chi connectivity index (χ4v) is 2.27. The molecule has 2 heterocycles. The minimum Gasteiger partial charge on any atom is -0.393 e. The van der Waals surface area contributed by atoms with Crippen LogP contribution in [0.5, 0.6) is 0 Å². The average Bonchev–Trinajstić information content (AvgIpc) is 2.40. The lowest BCUT2D eigenvalue weighted by Gasteiger charge is -2.34. The van der Waals surface area contributed by atoms with Gasteiger partial charge in [0.1, 0.15) is 11.6 Å². The molecule has 1 aromatic rings. The first-order valence-electron chi connectivity index (χ1n) is 6.01. The Bertz CT molecular complexity index is 540. The van der Waals surface area contributed by atoms with Crippen LogP contribution < -0.4 is 4.90 Å². The maximum absolute atomic E-state index is 11.1. The summed E-state index contributed by atoms with van der Waals surface area (Å²) in [6.45, 7) is 2.87. The molecule has 1 aliphatic heterocycles. The first kappa shape index (κ1) is 13.2. The highest BCUT2D eigenvalue weighted by atomic mass is 16.6. The number of piperidine rings is 1. The van der Waals surface area contributed by atoms with Crippen LogP contribution in [0.15, 0.2) is 12.3 Å². The molecular weight excluding hydrogens is 248 g/mol. The van der Waals surface area contributed by atoms with Crippen molar-refractivity contribution in [2.75, 3.05) is 18.0 Å². The summed E-state index contributed by atoms with van der Waals surface area (Å²) in [4.78, 5) is 16.4. The normalized spacial score (nSPS) is 22.9. The lowest BCUT2D eigenvalue weighted by atomic mass is 9.96. The molecule has 1 saturated heterocycles. The van der Waals surface area contributed by atoms with Crippen molar-refractivity contribution in [1.82, 2.24) is 4.98 Å². The number of hydrogen-bond donors (Lipinski definition) is 1. The highest BCUT2D eigenvalue weighted by molar-refractivity contribution is 5.65. The zero-order chi connectivity index (χ0) is 14.0. The Morgan fingerprint density at radius 2 is 2.42 bits per heavy atom. The highest BCUT2D eigenvalue weighted by Gasteiger charge is 2.31. The first-order valence-corrected chi connectivity index (χ1v) is 6.01. The van der Waals surface area contributed by atoms with E-state index in [2.05, 4.69) is 4.98 Å². The summed E-state index contributed by atoms with van der Waals surface area (Å²) in [5.41, 5.74) is -0.248. The van der Waals surface area contributed by atoms with Crippen molar-refractivity contribution in [3.63, 3.8) is 0 Å². The van der Waals surface area contributed by atoms with E-state index in [1.807, 2.05) is 13.0 Å². The van der Waals surface area contributed by atoms with Crippen molar-refractivity contribution < 1.29 is 10.0 Å². The van der Waals surface area contributed by atoms with Crippen LogP contribution in [0.4, 0.5) is 11.5 Å². The quantitative estimate of drug-likeness (QED) is 0.631. The van der Waals surface area contributed by atoms with Crippen LogP contribution in [-0.4, -0.2) is 34.2 Å². The molecule has 7 heteroatoms. The van der Waals surface area contributed by atoms with Crippen LogP contribution in [0.25, 0.3) is 0 Å². The van der Waals surface area contributed by atoms with Gasteiger partial charge in [-0.2, -0.15) is 5.26 Å². The molecular formula is C12H14N4O3. The Morgan fingerprint density at radius 3 is 3.00 bits per heavy atom. The fourth-order valence-electron chi connectivity index (χ4n) is 2.27. The van der Waals surface area contributed by atoms with Crippen LogP contribution in [-0.2, 0) is 0 Å². The SMILES string of the molecule is CC1CN(c2nccc(C#N)c2[N+](=O)[O-])CCC1O. The topological polar surface area (TPSA) is 103 Å². The second kappa shape index (κ2) is 5.20. The zero-order valence-electron chi connectivity index (χ0n) is 10.5. The molecule has 0 saturated carbocycles. The molecule has 7 nitrogen and oxygen atoms in total. The van der Waals surface area contributed by atoms with E-state index in [4.69, 9.17) is 5.26 Å². The number of anilines is 1. The third-order valence-electron chi connectivity index (χ3n) is 3.37. The van der Waals surface area contributed by atoms with Crippen LogP contribution in [0.3, 0.4) is 0 Å². The molecule has 0 amide bonds. The van der Waals surface area contributed by atoms with E-state index >= 15 is 0 Å². The van der Waals surface area contributed by atoms with Crippen molar-refractivity contribution in [1.29, 1.82) is 5.26 Å². The van der Waals surface area contributed by atoms with Gasteiger partial charge >= 0.3 is 5.69 Å². The number of aliphatic hydroxyl groups excluding tert-OH is 1. The van der Waals surface area contributed by atoms with E-state index in [1.54, 1.807) is 4.90 Å². The van der Waals surface area contributed by atoms with Gasteiger partial charge in [-0.15, -0.1) is 0 Å². The molecule has 19 heavy (non-hydrogen) atoms. The number of nitrogens with zero attached hydrogens (tertiary/aromatic N) is 4. The number of hydrogen-bond acceptors (Lipinski definition) is 6. The van der Waals surface area contributed by atoms with Gasteiger partial charge in [0.25, 0.3) is 0 Å². The number of nitro groups is 1. The number of aromatic nitrogens is 1. The minimum absolute atomic E-state index is 0.00813. The molecule has 0 radical (unpaired) electrons. The molecule has 100 valence electrons. The monoisotopic (exact) mass is 262 g/mol. The Morgan fingerprint density at radius 1 is 1.68 bits per heavy atom. The van der Waals surface area contributed by atoms with Gasteiger partial charge in [-0.05, 0) is 18.4 Å². The van der Waals surface area contributed by atoms with E-state index < -0.39 is 11.0 Å². The lowest BCUT2D eigenvalue weighted by molar-refractivity contribution is -0.384. The number of rotatable bonds is 2. The number of pyridine rings is 1. The molecule has 2 rings (SSSR count). The molecule has 0 aliphatic carbocycles. The van der Waals surface area contributed by atoms with Crippen LogP contribution >= 0.6 is 0 Å². The van der Waals surface area contributed by atoms with Gasteiger partial charge in [0.2, 0.25) is 5.82 Å². The van der Waals surface area contributed by atoms with E-state index in [1.165, 1.54) is 12.3 Å². The van der Waals surface area contributed by atoms with E-state index in [-0.39, 0.29) is 23.0 Å². The van der Waals surface area contributed by atoms with Crippen molar-refractivity contribution in [2.24, 2.45) is 5.92 Å². The average molecular weight is 262 g/mol. The van der Waals surface area contributed by atoms with Gasteiger partial charge in [0.05, 0.1) is 11.0 Å². The summed E-state index contributed by atoms with van der Waals surface area (Å²) in [6, 6.07) is 3.16. The Hall–Kier alpha value is -2.20. The maximum atomic E-state index is 11.1. The van der Waals surface area contributed by atoms with Crippen LogP contribution in [0, 0.1) is 27.4 Å². The van der Waals surface area contributed by atoms with Gasteiger partial charge in [-0.25, -0.2) is 4.98 Å². The van der Waals surface area contributed by atoms with Crippen LogP contribution in [0.1, 0.15) is 18.9 Å². The predicted octanol–water partition coefficient (Wildman–Crippen LogP) is 1.07. The fraction of sp³-hybridized carbons (Fsp3) is 0.500. The second-order valence-corrected chi connectivity index (χ2v) is 4.68. The minimum atomic E-state index is -0.573. The van der Waals surface area contributed by atoms with Gasteiger partial charge in [0, 0.05) is 19.3 Å². The summed E-state index contributed by atoms with van der Waals surface area (Å²) in [6.07, 6.45) is 1.54. The van der Waals surface area contributed by atoms with Crippen LogP contribution in [0.2, 0.25) is 0 Å². The number of aliphatic hydroxyl groups is 1. The summed E-state index contributed by atoms with van der Waals surface area (Å²) in [7, 11) is 0. The molecule has 0 spiro atoms. The van der Waals surface area contributed by atoms with E-state index in [0.29, 0.717) is 19.5 Å². The smallest absolute Gasteiger partial charge is 0.329 e. The van der Waals surface area contributed by atoms with Crippen molar-refractivity contribution in [3.8, 4) is 6.07 Å². The van der Waals surface area contributed by atoms with Crippen molar-refractivity contribution in [2.45, 2.75) is 19.4 Å². The summed E-state index contributed by atoms with van der Waals surface area (Å²) in [5, 5.41) is 29.8. The predicted molar refractivity (Wildman–Crippen MR) is 67.6 cm³/mol. The zero-order valence-corrected chi connectivity index (χ0v) is 10.5. The molecule has 2 atom stereocenters. The Kier molecular flexibility index (Phi) is 3.62. The molecule has 0 bridgehead atoms. The van der Waals surface area contributed by atoms with Gasteiger partial charge in [0.15, 0.2) is 0 Å². The second-order valence-electron chi connectivity index (χ2n) is 4.68. The maximum Gasteiger partial charge on any atom is 0.329 e. The molecule has 0 aromatic carbocycles. The third-order valence-corrected chi connectivity index (χ3v) is 3.37. The summed E-state index contributed by atoms with van der Waals surface area (Å²) >= 11 is 0. The first-order chi connectivity index (χ1) is 9.04. The summed E-state index contributed by atoms with van der Waals surface area (Å²) < 4.78 is 0. The molecule has 1 fully saturated rings. The number of nitriles is 1. The highest BCUT2D eigenvalue weighted by Crippen LogP contribution is 2.31. The molecule has 1 N–H and O–H groups in total. The van der Waals surface area contributed by atoms with Crippen molar-refractivity contribution >= 4 is 11.5 Å². The van der Waals surface area contributed by atoms with Crippen molar-refractivity contribution in [3.05, 3.63) is 27.9 Å². The van der Waals surface area contributed by atoms with Gasteiger partial charge < -0.3 is 10.0 Å². The third kappa shape index (κ3) is 2.48. The standard InChI is InChI=1S/C12H14N4O3/c1-8-7-15(5-3-10(8)17)12-11(16(18)19)9(6-13)2-4-14-12/h2,4,8,10,17H,3,5,7H2,1H3. The lowest BCUT2D eigenvalue weighted by Crippen LogP contribution is -2.42. The molecule has 1 aliphatic rings. The molecule has 2 unspecified atom stereocenters.